The van der Waals surface area contributed by atoms with Gasteiger partial charge >= 0.3 is 0 Å². The van der Waals surface area contributed by atoms with Crippen LogP contribution in [0.4, 0.5) is 0 Å². The minimum atomic E-state index is 0.503. The van der Waals surface area contributed by atoms with Crippen LogP contribution in [0.25, 0.3) is 0 Å². The molecule has 0 aliphatic heterocycles. The Bertz CT molecular complexity index is 480. The average molecular weight is 253 g/mol. The topological polar surface area (TPSA) is 26.0 Å². The van der Waals surface area contributed by atoms with Crippen LogP contribution in [0.5, 0.6) is 0 Å². The quantitative estimate of drug-likeness (QED) is 0.877. The third-order valence-electron chi connectivity index (χ3n) is 6.80. The van der Waals surface area contributed by atoms with Crippen molar-refractivity contribution in [1.82, 2.24) is 0 Å². The summed E-state index contributed by atoms with van der Waals surface area (Å²) in [5.41, 5.74) is 8.18. The average Bonchev–Trinajstić information content (AvgIpc) is 3.34. The molecule has 19 heavy (non-hydrogen) atoms. The molecule has 2 N–H and O–H groups in total. The fourth-order valence-electron chi connectivity index (χ4n) is 5.92. The highest BCUT2D eigenvalue weighted by molar-refractivity contribution is 5.28. The summed E-state index contributed by atoms with van der Waals surface area (Å²) in [5.74, 6) is 6.70. The van der Waals surface area contributed by atoms with Crippen LogP contribution in [0.15, 0.2) is 30.3 Å². The van der Waals surface area contributed by atoms with Gasteiger partial charge in [0.05, 0.1) is 0 Å². The zero-order valence-electron chi connectivity index (χ0n) is 11.4. The van der Waals surface area contributed by atoms with Crippen molar-refractivity contribution < 1.29 is 0 Å². The lowest BCUT2D eigenvalue weighted by Gasteiger charge is -2.16. The largest absolute Gasteiger partial charge is 0.327 e. The van der Waals surface area contributed by atoms with Gasteiger partial charge in [-0.3, -0.25) is 0 Å². The summed E-state index contributed by atoms with van der Waals surface area (Å²) < 4.78 is 0. The molecule has 0 spiro atoms. The molecule has 0 heterocycles. The lowest BCUT2D eigenvalue weighted by molar-refractivity contribution is 0.385. The summed E-state index contributed by atoms with van der Waals surface area (Å²) in [6.45, 7) is 0. The molecule has 0 aromatic heterocycles. The zero-order valence-corrected chi connectivity index (χ0v) is 11.4. The molecule has 7 unspecified atom stereocenters. The minimum Gasteiger partial charge on any atom is -0.327 e. The van der Waals surface area contributed by atoms with E-state index >= 15 is 0 Å². The molecule has 1 aromatic rings. The molecule has 4 aliphatic rings. The van der Waals surface area contributed by atoms with Crippen LogP contribution in [-0.2, 0) is 0 Å². The van der Waals surface area contributed by atoms with Gasteiger partial charge < -0.3 is 5.73 Å². The number of benzene rings is 1. The molecule has 0 saturated heterocycles. The fourth-order valence-corrected chi connectivity index (χ4v) is 5.92. The van der Waals surface area contributed by atoms with Crippen molar-refractivity contribution in [3.63, 3.8) is 0 Å². The van der Waals surface area contributed by atoms with E-state index < -0.39 is 0 Å². The summed E-state index contributed by atoms with van der Waals surface area (Å²) in [4.78, 5) is 0. The normalized spacial score (nSPS) is 50.9. The molecular formula is C18H23N. The maximum Gasteiger partial charge on any atom is 0.0107 e. The SMILES string of the molecule is NC(C1CC1c1ccccc1)C1C2C3CCC(C3)C21. The van der Waals surface area contributed by atoms with E-state index in [0.717, 1.165) is 41.4 Å². The molecule has 0 radical (unpaired) electrons. The highest BCUT2D eigenvalue weighted by atomic mass is 14.8. The highest BCUT2D eigenvalue weighted by Gasteiger charge is 2.68. The lowest BCUT2D eigenvalue weighted by Crippen LogP contribution is -2.29. The van der Waals surface area contributed by atoms with Gasteiger partial charge in [-0.25, -0.2) is 0 Å². The van der Waals surface area contributed by atoms with Gasteiger partial charge in [-0.05, 0) is 72.7 Å². The molecule has 4 aliphatic carbocycles. The molecular weight excluding hydrogens is 230 g/mol. The Morgan fingerprint density at radius 3 is 2.32 bits per heavy atom. The Kier molecular flexibility index (Phi) is 2.09. The Balaban J connectivity index is 1.30. The van der Waals surface area contributed by atoms with Crippen LogP contribution in [0.2, 0.25) is 0 Å². The van der Waals surface area contributed by atoms with E-state index in [1.807, 2.05) is 0 Å². The third-order valence-corrected chi connectivity index (χ3v) is 6.80. The number of rotatable bonds is 3. The molecule has 1 aromatic carbocycles. The predicted molar refractivity (Wildman–Crippen MR) is 76.6 cm³/mol. The van der Waals surface area contributed by atoms with Gasteiger partial charge in [-0.15, -0.1) is 0 Å². The lowest BCUT2D eigenvalue weighted by atomic mass is 9.94. The van der Waals surface area contributed by atoms with Crippen LogP contribution >= 0.6 is 0 Å². The highest BCUT2D eigenvalue weighted by Crippen LogP contribution is 2.72. The second-order valence-corrected chi connectivity index (χ2v) is 7.56. The van der Waals surface area contributed by atoms with Crippen molar-refractivity contribution in [2.75, 3.05) is 0 Å². The minimum absolute atomic E-state index is 0.503. The van der Waals surface area contributed by atoms with E-state index in [4.69, 9.17) is 5.73 Å². The first kappa shape index (κ1) is 10.9. The first-order valence-corrected chi connectivity index (χ1v) is 8.15. The molecule has 1 heteroatoms. The Hall–Kier alpha value is -0.820. The summed E-state index contributed by atoms with van der Waals surface area (Å²) >= 11 is 0. The number of hydrogen-bond donors (Lipinski definition) is 1. The number of fused-ring (bicyclic) bond motifs is 5. The Labute approximate surface area is 115 Å². The summed E-state index contributed by atoms with van der Waals surface area (Å²) in [5, 5.41) is 0. The summed E-state index contributed by atoms with van der Waals surface area (Å²) in [7, 11) is 0. The van der Waals surface area contributed by atoms with E-state index in [2.05, 4.69) is 30.3 Å². The first-order valence-electron chi connectivity index (χ1n) is 8.15. The third kappa shape index (κ3) is 1.45. The fraction of sp³-hybridized carbons (Fsp3) is 0.667. The van der Waals surface area contributed by atoms with Gasteiger partial charge in [0, 0.05) is 6.04 Å². The Morgan fingerprint density at radius 1 is 0.947 bits per heavy atom. The van der Waals surface area contributed by atoms with Gasteiger partial charge in [-0.1, -0.05) is 30.3 Å². The van der Waals surface area contributed by atoms with Crippen LogP contribution in [-0.4, -0.2) is 6.04 Å². The Morgan fingerprint density at radius 2 is 1.63 bits per heavy atom. The smallest absolute Gasteiger partial charge is 0.0107 e. The second kappa shape index (κ2) is 3.63. The van der Waals surface area contributed by atoms with E-state index in [1.165, 1.54) is 24.8 Å². The molecule has 0 amide bonds. The van der Waals surface area contributed by atoms with Crippen molar-refractivity contribution in [1.29, 1.82) is 0 Å². The van der Waals surface area contributed by atoms with Gasteiger partial charge in [0.1, 0.15) is 0 Å². The molecule has 2 bridgehead atoms. The van der Waals surface area contributed by atoms with Gasteiger partial charge in [0.2, 0.25) is 0 Å². The molecule has 5 rings (SSSR count). The predicted octanol–water partition coefficient (Wildman–Crippen LogP) is 3.41. The number of nitrogens with two attached hydrogens (primary N) is 1. The molecule has 7 atom stereocenters. The second-order valence-electron chi connectivity index (χ2n) is 7.56. The monoisotopic (exact) mass is 253 g/mol. The molecule has 4 saturated carbocycles. The van der Waals surface area contributed by atoms with Crippen LogP contribution in [0.3, 0.4) is 0 Å². The van der Waals surface area contributed by atoms with Crippen molar-refractivity contribution in [3.05, 3.63) is 35.9 Å². The van der Waals surface area contributed by atoms with E-state index in [1.54, 1.807) is 6.42 Å². The number of hydrogen-bond acceptors (Lipinski definition) is 1. The van der Waals surface area contributed by atoms with Gasteiger partial charge in [-0.2, -0.15) is 0 Å². The molecule has 1 nitrogen and oxygen atoms in total. The van der Waals surface area contributed by atoms with E-state index in [-0.39, 0.29) is 0 Å². The zero-order chi connectivity index (χ0) is 12.6. The van der Waals surface area contributed by atoms with Gasteiger partial charge in [0.25, 0.3) is 0 Å². The van der Waals surface area contributed by atoms with Crippen molar-refractivity contribution in [3.8, 4) is 0 Å². The van der Waals surface area contributed by atoms with Crippen molar-refractivity contribution >= 4 is 0 Å². The van der Waals surface area contributed by atoms with E-state index in [9.17, 15) is 0 Å². The maximum atomic E-state index is 6.65. The maximum absolute atomic E-state index is 6.65. The van der Waals surface area contributed by atoms with Gasteiger partial charge in [0.15, 0.2) is 0 Å². The summed E-state index contributed by atoms with van der Waals surface area (Å²) in [6, 6.07) is 11.5. The van der Waals surface area contributed by atoms with Crippen molar-refractivity contribution in [2.24, 2.45) is 41.2 Å². The van der Waals surface area contributed by atoms with Crippen LogP contribution in [0, 0.1) is 35.5 Å². The summed E-state index contributed by atoms with van der Waals surface area (Å²) in [6.07, 6.45) is 5.92. The standard InChI is InChI=1S/C18H23N/c19-18(14-9-13(14)10-4-2-1-3-5-10)17-15-11-6-7-12(8-11)16(15)17/h1-5,11-18H,6-9,19H2. The van der Waals surface area contributed by atoms with Crippen molar-refractivity contribution in [2.45, 2.75) is 37.6 Å². The molecule has 100 valence electrons. The van der Waals surface area contributed by atoms with Crippen LogP contribution < -0.4 is 5.73 Å². The van der Waals surface area contributed by atoms with E-state index in [0.29, 0.717) is 6.04 Å². The van der Waals surface area contributed by atoms with Crippen LogP contribution in [0.1, 0.15) is 37.2 Å². The first-order chi connectivity index (χ1) is 9.34. The molecule has 4 fully saturated rings.